The highest BCUT2D eigenvalue weighted by molar-refractivity contribution is 5.80. The van der Waals surface area contributed by atoms with E-state index in [-0.39, 0.29) is 0 Å². The summed E-state index contributed by atoms with van der Waals surface area (Å²) in [5.74, 6) is 0.521. The number of hydrogen-bond acceptors (Lipinski definition) is 0. The van der Waals surface area contributed by atoms with Gasteiger partial charge in [0.1, 0.15) is 0 Å². The lowest BCUT2D eigenvalue weighted by atomic mass is 9.85. The molecule has 1 aliphatic rings. The average Bonchev–Trinajstić information content (AvgIpc) is 2.79. The van der Waals surface area contributed by atoms with Crippen LogP contribution in [-0.4, -0.2) is 0 Å². The third-order valence-corrected chi connectivity index (χ3v) is 6.93. The van der Waals surface area contributed by atoms with Gasteiger partial charge in [0, 0.05) is 0 Å². The molecule has 0 amide bonds. The monoisotopic (exact) mass is 406 g/mol. The molecule has 1 aliphatic carbocycles. The van der Waals surface area contributed by atoms with Gasteiger partial charge in [-0.2, -0.15) is 0 Å². The van der Waals surface area contributed by atoms with Gasteiger partial charge in [-0.3, -0.25) is 0 Å². The minimum absolute atomic E-state index is 0.521. The number of benzene rings is 3. The quantitative estimate of drug-likeness (QED) is 0.396. The molecule has 0 aliphatic heterocycles. The van der Waals surface area contributed by atoms with Gasteiger partial charge in [-0.05, 0) is 108 Å². The molecule has 158 valence electrons. The van der Waals surface area contributed by atoms with E-state index in [4.69, 9.17) is 0 Å². The summed E-state index contributed by atoms with van der Waals surface area (Å²) < 4.78 is 0. The fraction of sp³-hybridized carbons (Fsp3) is 0.290. The van der Waals surface area contributed by atoms with E-state index >= 15 is 0 Å². The molecule has 3 aromatic carbocycles. The first-order valence-corrected chi connectivity index (χ1v) is 11.7. The van der Waals surface area contributed by atoms with Crippen LogP contribution < -0.4 is 0 Å². The van der Waals surface area contributed by atoms with Crippen molar-refractivity contribution in [1.29, 1.82) is 0 Å². The van der Waals surface area contributed by atoms with Crippen LogP contribution in [0.25, 0.3) is 27.8 Å². The Kier molecular flexibility index (Phi) is 6.28. The summed E-state index contributed by atoms with van der Waals surface area (Å²) in [5.41, 5.74) is 13.8. The summed E-state index contributed by atoms with van der Waals surface area (Å²) in [6.45, 7) is 11.3. The van der Waals surface area contributed by atoms with E-state index in [1.807, 2.05) is 0 Å². The molecule has 1 unspecified atom stereocenters. The Morgan fingerprint density at radius 3 is 2.23 bits per heavy atom. The van der Waals surface area contributed by atoms with E-state index < -0.39 is 0 Å². The highest BCUT2D eigenvalue weighted by atomic mass is 14.2. The predicted molar refractivity (Wildman–Crippen MR) is 136 cm³/mol. The first-order valence-electron chi connectivity index (χ1n) is 11.7. The van der Waals surface area contributed by atoms with E-state index in [0.29, 0.717) is 5.92 Å². The third kappa shape index (κ3) is 4.30. The van der Waals surface area contributed by atoms with Gasteiger partial charge < -0.3 is 0 Å². The molecule has 31 heavy (non-hydrogen) atoms. The molecule has 0 heterocycles. The second kappa shape index (κ2) is 9.10. The molecular formula is C31H34. The van der Waals surface area contributed by atoms with E-state index in [9.17, 15) is 0 Å². The zero-order valence-corrected chi connectivity index (χ0v) is 19.6. The number of rotatable bonds is 5. The van der Waals surface area contributed by atoms with Crippen molar-refractivity contribution in [2.75, 3.05) is 0 Å². The van der Waals surface area contributed by atoms with Crippen LogP contribution in [0, 0.1) is 13.8 Å². The standard InChI is InChI=1S/C31H34/c1-6-21(2)30-19-26(17-18-29(30)27-13-9-7-11-22(27)3)25-16-15-24(5)31(20-25)28-14-10-8-12-23(28)4/h7-9,11-13,15-21H,6,10,14H2,1-5H3. The minimum Gasteiger partial charge on any atom is -0.0839 e. The maximum atomic E-state index is 2.44. The second-order valence-corrected chi connectivity index (χ2v) is 9.06. The zero-order valence-electron chi connectivity index (χ0n) is 19.6. The lowest BCUT2D eigenvalue weighted by Gasteiger charge is -2.20. The summed E-state index contributed by atoms with van der Waals surface area (Å²) >= 11 is 0. The lowest BCUT2D eigenvalue weighted by molar-refractivity contribution is 0.735. The molecule has 1 atom stereocenters. The first-order chi connectivity index (χ1) is 15.0. The van der Waals surface area contributed by atoms with Crippen molar-refractivity contribution < 1.29 is 0 Å². The largest absolute Gasteiger partial charge is 0.0839 e. The molecule has 0 bridgehead atoms. The van der Waals surface area contributed by atoms with Crippen molar-refractivity contribution in [3.63, 3.8) is 0 Å². The van der Waals surface area contributed by atoms with Crippen LogP contribution >= 0.6 is 0 Å². The highest BCUT2D eigenvalue weighted by Crippen LogP contribution is 2.38. The molecule has 0 heteroatoms. The van der Waals surface area contributed by atoms with Crippen molar-refractivity contribution >= 4 is 5.57 Å². The zero-order chi connectivity index (χ0) is 22.0. The van der Waals surface area contributed by atoms with Crippen molar-refractivity contribution in [2.45, 2.75) is 59.8 Å². The molecule has 3 aromatic rings. The molecule has 0 saturated carbocycles. The van der Waals surface area contributed by atoms with Crippen LogP contribution in [0.5, 0.6) is 0 Å². The SMILES string of the molecule is CCC(C)c1cc(-c2ccc(C)c(C3=C(C)C=CCC3)c2)ccc1-c1ccccc1C. The van der Waals surface area contributed by atoms with Crippen LogP contribution in [0.4, 0.5) is 0 Å². The van der Waals surface area contributed by atoms with Crippen molar-refractivity contribution in [3.8, 4) is 22.3 Å². The van der Waals surface area contributed by atoms with Crippen molar-refractivity contribution in [2.24, 2.45) is 0 Å². The molecule has 0 N–H and O–H groups in total. The predicted octanol–water partition coefficient (Wildman–Crippen LogP) is 9.27. The Hall–Kier alpha value is -2.86. The minimum atomic E-state index is 0.521. The molecule has 4 rings (SSSR count). The van der Waals surface area contributed by atoms with Crippen molar-refractivity contribution in [3.05, 3.63) is 101 Å². The summed E-state index contributed by atoms with van der Waals surface area (Å²) in [6, 6.07) is 22.8. The molecule has 0 radical (unpaired) electrons. The second-order valence-electron chi connectivity index (χ2n) is 9.06. The van der Waals surface area contributed by atoms with Crippen LogP contribution in [-0.2, 0) is 0 Å². The van der Waals surface area contributed by atoms with Gasteiger partial charge in [0.2, 0.25) is 0 Å². The molecule has 0 nitrogen and oxygen atoms in total. The summed E-state index contributed by atoms with van der Waals surface area (Å²) in [7, 11) is 0. The Bertz CT molecular complexity index is 1160. The van der Waals surface area contributed by atoms with Gasteiger partial charge in [-0.1, -0.05) is 80.6 Å². The highest BCUT2D eigenvalue weighted by Gasteiger charge is 2.16. The maximum Gasteiger partial charge on any atom is -0.0146 e. The molecule has 0 spiro atoms. The molecule has 0 fully saturated rings. The fourth-order valence-electron chi connectivity index (χ4n) is 4.75. The Labute approximate surface area is 188 Å². The topological polar surface area (TPSA) is 0 Å². The Morgan fingerprint density at radius 2 is 1.48 bits per heavy atom. The molecular weight excluding hydrogens is 372 g/mol. The van der Waals surface area contributed by atoms with Crippen LogP contribution in [0.3, 0.4) is 0 Å². The van der Waals surface area contributed by atoms with E-state index in [0.717, 1.165) is 19.3 Å². The summed E-state index contributed by atoms with van der Waals surface area (Å²) in [6.07, 6.45) is 7.99. The summed E-state index contributed by atoms with van der Waals surface area (Å²) in [5, 5.41) is 0. The van der Waals surface area contributed by atoms with Gasteiger partial charge in [0.15, 0.2) is 0 Å². The van der Waals surface area contributed by atoms with Gasteiger partial charge in [0.05, 0.1) is 0 Å². The number of allylic oxidation sites excluding steroid dienone is 4. The number of aryl methyl sites for hydroxylation is 2. The van der Waals surface area contributed by atoms with Gasteiger partial charge in [-0.15, -0.1) is 0 Å². The van der Waals surface area contributed by atoms with E-state index in [1.165, 1.54) is 55.7 Å². The first kappa shape index (κ1) is 21.4. The Morgan fingerprint density at radius 1 is 0.774 bits per heavy atom. The molecule has 0 aromatic heterocycles. The normalized spacial score (nSPS) is 14.7. The van der Waals surface area contributed by atoms with Crippen LogP contribution in [0.2, 0.25) is 0 Å². The van der Waals surface area contributed by atoms with Crippen LogP contribution in [0.15, 0.2) is 78.4 Å². The van der Waals surface area contributed by atoms with Gasteiger partial charge in [0.25, 0.3) is 0 Å². The average molecular weight is 407 g/mol. The van der Waals surface area contributed by atoms with E-state index in [2.05, 4.69) is 107 Å². The van der Waals surface area contributed by atoms with E-state index in [1.54, 1.807) is 0 Å². The van der Waals surface area contributed by atoms with Gasteiger partial charge >= 0.3 is 0 Å². The smallest absolute Gasteiger partial charge is 0.0146 e. The maximum absolute atomic E-state index is 2.44. The molecule has 0 saturated heterocycles. The third-order valence-electron chi connectivity index (χ3n) is 6.93. The van der Waals surface area contributed by atoms with Crippen LogP contribution in [0.1, 0.15) is 68.2 Å². The summed E-state index contributed by atoms with van der Waals surface area (Å²) in [4.78, 5) is 0. The fourth-order valence-corrected chi connectivity index (χ4v) is 4.75. The lowest BCUT2D eigenvalue weighted by Crippen LogP contribution is -1.99. The van der Waals surface area contributed by atoms with Gasteiger partial charge in [-0.25, -0.2) is 0 Å². The van der Waals surface area contributed by atoms with Crippen molar-refractivity contribution in [1.82, 2.24) is 0 Å². The number of hydrogen-bond donors (Lipinski definition) is 0. The Balaban J connectivity index is 1.83.